The van der Waals surface area contributed by atoms with Crippen LogP contribution in [0.2, 0.25) is 0 Å². The zero-order chi connectivity index (χ0) is 19.6. The predicted molar refractivity (Wildman–Crippen MR) is 71.7 cm³/mol. The molecule has 0 aliphatic carbocycles. The molecular weight excluding hydrogens is 382 g/mol. The lowest BCUT2D eigenvalue weighted by molar-refractivity contribution is -0.267. The van der Waals surface area contributed by atoms with Gasteiger partial charge in [0.15, 0.2) is 0 Å². The number of hydrogen-bond donors (Lipinski definition) is 3. The molecule has 3 N–H and O–H groups in total. The number of aryl methyl sites for hydroxylation is 1. The Morgan fingerprint density at radius 1 is 1.28 bits per heavy atom. The Kier molecular flexibility index (Phi) is 6.05. The van der Waals surface area contributed by atoms with Crippen LogP contribution in [-0.4, -0.2) is 45.5 Å². The summed E-state index contributed by atoms with van der Waals surface area (Å²) in [7, 11) is 0. The number of aliphatic hydroxyl groups is 1. The van der Waals surface area contributed by atoms with Crippen LogP contribution in [0.3, 0.4) is 0 Å². The molecule has 6 nitrogen and oxygen atoms in total. The number of carbonyl (C=O) groups excluding carboxylic acids is 1. The quantitative estimate of drug-likeness (QED) is 0.642. The van der Waals surface area contributed by atoms with Crippen LogP contribution in [0.1, 0.15) is 23.5 Å². The summed E-state index contributed by atoms with van der Waals surface area (Å²) < 4.78 is 76.3. The fourth-order valence-electron chi connectivity index (χ4n) is 1.75. The van der Waals surface area contributed by atoms with Crippen molar-refractivity contribution in [1.82, 2.24) is 10.3 Å². The number of carbonyl (C=O) groups is 2. The highest BCUT2D eigenvalue weighted by Crippen LogP contribution is 2.42. The second-order valence-electron chi connectivity index (χ2n) is 5.11. The van der Waals surface area contributed by atoms with Gasteiger partial charge in [0, 0.05) is 11.1 Å². The normalized spacial score (nSPS) is 16.2. The van der Waals surface area contributed by atoms with Crippen molar-refractivity contribution in [2.45, 2.75) is 43.8 Å². The van der Waals surface area contributed by atoms with Gasteiger partial charge in [-0.25, -0.2) is 9.78 Å². The van der Waals surface area contributed by atoms with Crippen molar-refractivity contribution >= 4 is 23.2 Å². The molecule has 0 aromatic carbocycles. The Bertz CT molecular complexity index is 644. The first-order valence-corrected chi connectivity index (χ1v) is 7.34. The Morgan fingerprint density at radius 2 is 1.84 bits per heavy atom. The number of hydrogen-bond acceptors (Lipinski definition) is 5. The van der Waals surface area contributed by atoms with E-state index in [4.69, 9.17) is 5.11 Å². The van der Waals surface area contributed by atoms with Gasteiger partial charge in [-0.05, 0) is 6.92 Å². The minimum atomic E-state index is -5.36. The Balaban J connectivity index is 3.01. The molecule has 2 atom stereocenters. The summed E-state index contributed by atoms with van der Waals surface area (Å²) in [5.74, 6) is -3.80. The molecule has 25 heavy (non-hydrogen) atoms. The maximum Gasteiger partial charge on any atom is 0.424 e. The van der Waals surface area contributed by atoms with Crippen LogP contribution >= 0.6 is 11.3 Å². The summed E-state index contributed by atoms with van der Waals surface area (Å²) in [6.45, 7) is 1.33. The van der Waals surface area contributed by atoms with Crippen molar-refractivity contribution in [1.29, 1.82) is 0 Å². The maximum absolute atomic E-state index is 13.2. The van der Waals surface area contributed by atoms with E-state index in [9.17, 15) is 41.0 Å². The lowest BCUT2D eigenvalue weighted by Crippen LogP contribution is -2.50. The number of aromatic nitrogens is 1. The number of carboxylic acids is 1. The molecular formula is C12H12F6N2O4S. The Hall–Kier alpha value is -1.89. The van der Waals surface area contributed by atoms with Crippen molar-refractivity contribution in [3.63, 3.8) is 0 Å². The topological polar surface area (TPSA) is 99.5 Å². The number of thiazole rings is 1. The standard InChI is InChI=1S/C12H12F6N2O4S/c1-5-4-25-9(19-5)10(24,12(16,17)18)3-7(21)20-6(8(22)23)2-11(13,14)15/h4,6,24H,2-3H2,1H3,(H,20,21)(H,22,23). The summed E-state index contributed by atoms with van der Waals surface area (Å²) in [4.78, 5) is 25.8. The third kappa shape index (κ3) is 5.56. The molecule has 0 spiro atoms. The fraction of sp³-hybridized carbons (Fsp3) is 0.583. The van der Waals surface area contributed by atoms with Gasteiger partial charge < -0.3 is 15.5 Å². The fourth-order valence-corrected chi connectivity index (χ4v) is 2.66. The van der Waals surface area contributed by atoms with E-state index in [2.05, 4.69) is 4.98 Å². The molecule has 0 bridgehead atoms. The van der Waals surface area contributed by atoms with Gasteiger partial charge in [0.2, 0.25) is 11.5 Å². The molecule has 0 saturated heterocycles. The molecule has 0 saturated carbocycles. The van der Waals surface area contributed by atoms with Gasteiger partial charge in [0.25, 0.3) is 0 Å². The lowest BCUT2D eigenvalue weighted by atomic mass is 9.98. The zero-order valence-electron chi connectivity index (χ0n) is 12.4. The minimum Gasteiger partial charge on any atom is -0.480 e. The van der Waals surface area contributed by atoms with Crippen LogP contribution in [0.5, 0.6) is 0 Å². The van der Waals surface area contributed by atoms with Gasteiger partial charge >= 0.3 is 18.3 Å². The number of rotatable bonds is 6. The van der Waals surface area contributed by atoms with Crippen LogP contribution in [0.15, 0.2) is 5.38 Å². The summed E-state index contributed by atoms with van der Waals surface area (Å²) >= 11 is 0.403. The van der Waals surface area contributed by atoms with E-state index >= 15 is 0 Å². The summed E-state index contributed by atoms with van der Waals surface area (Å²) in [5.41, 5.74) is -3.62. The molecule has 0 aliphatic heterocycles. The number of halogens is 6. The van der Waals surface area contributed by atoms with Gasteiger partial charge in [0.05, 0.1) is 12.8 Å². The monoisotopic (exact) mass is 394 g/mol. The molecule has 0 radical (unpaired) electrons. The molecule has 0 aliphatic rings. The third-order valence-electron chi connectivity index (χ3n) is 2.93. The van der Waals surface area contributed by atoms with Crippen LogP contribution in [0.4, 0.5) is 26.3 Å². The van der Waals surface area contributed by atoms with Crippen molar-refractivity contribution < 1.29 is 46.1 Å². The van der Waals surface area contributed by atoms with E-state index in [1.165, 1.54) is 17.6 Å². The molecule has 1 amide bonds. The van der Waals surface area contributed by atoms with Crippen LogP contribution in [0.25, 0.3) is 0 Å². The number of carboxylic acid groups (broad SMARTS) is 1. The Labute approximate surface area is 140 Å². The number of aliphatic carboxylic acids is 1. The van der Waals surface area contributed by atoms with Crippen LogP contribution in [-0.2, 0) is 15.2 Å². The van der Waals surface area contributed by atoms with Crippen LogP contribution < -0.4 is 5.32 Å². The SMILES string of the molecule is Cc1csc(C(O)(CC(=O)NC(CC(F)(F)F)C(=O)O)C(F)(F)F)n1. The van der Waals surface area contributed by atoms with E-state index in [1.54, 1.807) is 0 Å². The first-order valence-electron chi connectivity index (χ1n) is 6.46. The molecule has 1 aromatic rings. The highest BCUT2D eigenvalue weighted by atomic mass is 32.1. The summed E-state index contributed by atoms with van der Waals surface area (Å²) in [5, 5.41) is 20.2. The largest absolute Gasteiger partial charge is 0.480 e. The number of alkyl halides is 6. The van der Waals surface area contributed by atoms with Gasteiger partial charge in [-0.2, -0.15) is 26.3 Å². The second-order valence-corrected chi connectivity index (χ2v) is 5.96. The average Bonchev–Trinajstić information content (AvgIpc) is 2.81. The highest BCUT2D eigenvalue weighted by Gasteiger charge is 2.58. The van der Waals surface area contributed by atoms with E-state index in [1.807, 2.05) is 0 Å². The van der Waals surface area contributed by atoms with Crippen molar-refractivity contribution in [2.24, 2.45) is 0 Å². The maximum atomic E-state index is 13.2. The van der Waals surface area contributed by atoms with Crippen molar-refractivity contribution in [3.05, 3.63) is 16.1 Å². The number of nitrogens with zero attached hydrogens (tertiary/aromatic N) is 1. The molecule has 0 fully saturated rings. The molecule has 1 heterocycles. The molecule has 1 aromatic heterocycles. The zero-order valence-corrected chi connectivity index (χ0v) is 13.2. The van der Waals surface area contributed by atoms with Crippen LogP contribution in [0, 0.1) is 6.92 Å². The van der Waals surface area contributed by atoms with E-state index in [-0.39, 0.29) is 5.69 Å². The van der Waals surface area contributed by atoms with Gasteiger partial charge in [-0.1, -0.05) is 0 Å². The van der Waals surface area contributed by atoms with E-state index < -0.39 is 53.7 Å². The average molecular weight is 394 g/mol. The highest BCUT2D eigenvalue weighted by molar-refractivity contribution is 7.09. The van der Waals surface area contributed by atoms with Crippen molar-refractivity contribution in [3.8, 4) is 0 Å². The smallest absolute Gasteiger partial charge is 0.424 e. The lowest BCUT2D eigenvalue weighted by Gasteiger charge is -2.28. The first kappa shape index (κ1) is 21.2. The third-order valence-corrected chi connectivity index (χ3v) is 4.04. The molecule has 13 heteroatoms. The van der Waals surface area contributed by atoms with Gasteiger partial charge in [0.1, 0.15) is 11.0 Å². The summed E-state index contributed by atoms with van der Waals surface area (Å²) in [6.07, 6.45) is -14.0. The molecule has 142 valence electrons. The predicted octanol–water partition coefficient (Wildman–Crippen LogP) is 2.11. The Morgan fingerprint density at radius 3 is 2.20 bits per heavy atom. The number of nitrogens with one attached hydrogen (secondary N) is 1. The number of amides is 1. The van der Waals surface area contributed by atoms with Gasteiger partial charge in [-0.3, -0.25) is 4.79 Å². The van der Waals surface area contributed by atoms with E-state index in [0.717, 1.165) is 0 Å². The first-order chi connectivity index (χ1) is 11.2. The molecule has 2 unspecified atom stereocenters. The van der Waals surface area contributed by atoms with Crippen molar-refractivity contribution in [2.75, 3.05) is 0 Å². The van der Waals surface area contributed by atoms with E-state index in [0.29, 0.717) is 11.3 Å². The summed E-state index contributed by atoms with van der Waals surface area (Å²) in [6, 6.07) is -2.48. The second kappa shape index (κ2) is 7.15. The minimum absolute atomic E-state index is 0.128. The molecule has 1 rings (SSSR count). The van der Waals surface area contributed by atoms with Gasteiger partial charge in [-0.15, -0.1) is 11.3 Å².